The van der Waals surface area contributed by atoms with E-state index < -0.39 is 6.17 Å². The van der Waals surface area contributed by atoms with Gasteiger partial charge in [0.2, 0.25) is 0 Å². The third-order valence-corrected chi connectivity index (χ3v) is 4.23. The Bertz CT molecular complexity index is 846. The number of rotatable bonds is 2. The van der Waals surface area contributed by atoms with Gasteiger partial charge in [0.15, 0.2) is 11.5 Å². The van der Waals surface area contributed by atoms with Gasteiger partial charge in [-0.2, -0.15) is 0 Å². The molecule has 2 aliphatic rings. The second-order valence-corrected chi connectivity index (χ2v) is 5.36. The quantitative estimate of drug-likeness (QED) is 0.922. The summed E-state index contributed by atoms with van der Waals surface area (Å²) in [6, 6.07) is 10.5. The summed E-state index contributed by atoms with van der Waals surface area (Å²) in [4.78, 5) is 26.8. The van der Waals surface area contributed by atoms with Crippen molar-refractivity contribution in [1.29, 1.82) is 0 Å². The topological polar surface area (TPSA) is 67.9 Å². The van der Waals surface area contributed by atoms with E-state index in [1.54, 1.807) is 35.2 Å². The highest BCUT2D eigenvalue weighted by Gasteiger charge is 2.44. The third-order valence-electron chi connectivity index (χ3n) is 4.23. The number of ether oxygens (including phenoxy) is 2. The van der Waals surface area contributed by atoms with E-state index in [2.05, 4.69) is 5.32 Å². The van der Waals surface area contributed by atoms with Crippen molar-refractivity contribution < 1.29 is 19.1 Å². The maximum atomic E-state index is 12.8. The Hall–Kier alpha value is -3.02. The molecule has 0 spiro atoms. The molecule has 1 N–H and O–H groups in total. The Kier molecular flexibility index (Phi) is 2.81. The number of fused-ring (bicyclic) bond motifs is 5. The zero-order chi connectivity index (χ0) is 16.1. The molecule has 0 aromatic heterocycles. The minimum Gasteiger partial charge on any atom is -0.493 e. The number of para-hydroxylation sites is 1. The van der Waals surface area contributed by atoms with Crippen molar-refractivity contribution in [3.8, 4) is 11.5 Å². The van der Waals surface area contributed by atoms with Crippen molar-refractivity contribution in [2.75, 3.05) is 19.1 Å². The number of carbonyl (C=O) groups is 2. The number of hydrogen-bond acceptors (Lipinski definition) is 4. The number of nitrogens with one attached hydrogen (secondary N) is 1. The van der Waals surface area contributed by atoms with E-state index in [1.807, 2.05) is 6.07 Å². The molecule has 0 saturated heterocycles. The van der Waals surface area contributed by atoms with E-state index in [-0.39, 0.29) is 11.8 Å². The van der Waals surface area contributed by atoms with Gasteiger partial charge in [-0.25, -0.2) is 0 Å². The summed E-state index contributed by atoms with van der Waals surface area (Å²) < 4.78 is 10.6. The summed E-state index contributed by atoms with van der Waals surface area (Å²) in [6.45, 7) is 0. The van der Waals surface area contributed by atoms with Crippen LogP contribution in [-0.2, 0) is 0 Å². The minimum absolute atomic E-state index is 0.168. The molecule has 0 unspecified atom stereocenters. The maximum absolute atomic E-state index is 12.8. The number of nitrogens with zero attached hydrogens (tertiary/aromatic N) is 1. The first-order chi connectivity index (χ1) is 11.2. The molecule has 0 saturated carbocycles. The van der Waals surface area contributed by atoms with Crippen molar-refractivity contribution in [3.05, 3.63) is 53.1 Å². The van der Waals surface area contributed by atoms with Crippen LogP contribution in [0, 0.1) is 0 Å². The van der Waals surface area contributed by atoms with Gasteiger partial charge in [-0.15, -0.1) is 0 Å². The average molecular weight is 310 g/mol. The van der Waals surface area contributed by atoms with Gasteiger partial charge in [-0.1, -0.05) is 12.1 Å². The van der Waals surface area contributed by atoms with Crippen LogP contribution >= 0.6 is 0 Å². The molecule has 2 aliphatic heterocycles. The SMILES string of the molecule is COc1cc2c(cc1OC)[C@@H]1NC(=O)c3ccccc3N1C2=O. The zero-order valence-electron chi connectivity index (χ0n) is 12.6. The number of carbonyl (C=O) groups excluding carboxylic acids is 2. The van der Waals surface area contributed by atoms with Crippen LogP contribution in [-0.4, -0.2) is 26.0 Å². The highest BCUT2D eigenvalue weighted by atomic mass is 16.5. The van der Waals surface area contributed by atoms with E-state index in [9.17, 15) is 9.59 Å². The normalized spacial score (nSPS) is 18.0. The van der Waals surface area contributed by atoms with Crippen LogP contribution in [0.25, 0.3) is 0 Å². The fraction of sp³-hybridized carbons (Fsp3) is 0.176. The van der Waals surface area contributed by atoms with Crippen molar-refractivity contribution in [3.63, 3.8) is 0 Å². The number of anilines is 1. The fourth-order valence-electron chi connectivity index (χ4n) is 3.16. The van der Waals surface area contributed by atoms with Crippen LogP contribution in [0.3, 0.4) is 0 Å². The smallest absolute Gasteiger partial charge is 0.260 e. The lowest BCUT2D eigenvalue weighted by Crippen LogP contribution is -2.45. The second kappa shape index (κ2) is 4.74. The van der Waals surface area contributed by atoms with Gasteiger partial charge >= 0.3 is 0 Å². The minimum atomic E-state index is -0.528. The van der Waals surface area contributed by atoms with E-state index in [0.717, 1.165) is 0 Å². The van der Waals surface area contributed by atoms with Crippen molar-refractivity contribution >= 4 is 17.5 Å². The summed E-state index contributed by atoms with van der Waals surface area (Å²) in [6.07, 6.45) is -0.528. The molecule has 0 fully saturated rings. The Labute approximate surface area is 132 Å². The molecule has 1 atom stereocenters. The molecule has 0 radical (unpaired) electrons. The predicted octanol–water partition coefficient (Wildman–Crippen LogP) is 2.11. The number of hydrogen-bond donors (Lipinski definition) is 1. The lowest BCUT2D eigenvalue weighted by molar-refractivity contribution is 0.0912. The maximum Gasteiger partial charge on any atom is 0.260 e. The summed E-state index contributed by atoms with van der Waals surface area (Å²) in [7, 11) is 3.06. The summed E-state index contributed by atoms with van der Waals surface area (Å²) in [5.41, 5.74) is 2.31. The van der Waals surface area contributed by atoms with Crippen molar-refractivity contribution in [1.82, 2.24) is 5.32 Å². The Morgan fingerprint density at radius 2 is 1.70 bits per heavy atom. The summed E-state index contributed by atoms with van der Waals surface area (Å²) in [5.74, 6) is 0.642. The first-order valence-corrected chi connectivity index (χ1v) is 7.15. The molecule has 23 heavy (non-hydrogen) atoms. The Morgan fingerprint density at radius 1 is 1.00 bits per heavy atom. The van der Waals surface area contributed by atoms with Gasteiger partial charge in [0.25, 0.3) is 11.8 Å². The highest BCUT2D eigenvalue weighted by molar-refractivity contribution is 6.17. The van der Waals surface area contributed by atoms with E-state index >= 15 is 0 Å². The molecule has 4 rings (SSSR count). The van der Waals surface area contributed by atoms with Gasteiger partial charge in [0, 0.05) is 5.56 Å². The molecule has 116 valence electrons. The molecule has 2 amide bonds. The summed E-state index contributed by atoms with van der Waals surface area (Å²) in [5, 5.41) is 2.88. The van der Waals surface area contributed by atoms with Crippen LogP contribution < -0.4 is 19.7 Å². The first-order valence-electron chi connectivity index (χ1n) is 7.15. The van der Waals surface area contributed by atoms with Gasteiger partial charge in [0.05, 0.1) is 31.0 Å². The van der Waals surface area contributed by atoms with Crippen molar-refractivity contribution in [2.24, 2.45) is 0 Å². The molecule has 6 heteroatoms. The second-order valence-electron chi connectivity index (χ2n) is 5.36. The molecule has 0 bridgehead atoms. The molecule has 2 heterocycles. The van der Waals surface area contributed by atoms with Crippen LogP contribution in [0.4, 0.5) is 5.69 Å². The monoisotopic (exact) mass is 310 g/mol. The molecule has 2 aromatic rings. The predicted molar refractivity (Wildman–Crippen MR) is 83.0 cm³/mol. The lowest BCUT2D eigenvalue weighted by atomic mass is 10.0. The van der Waals surface area contributed by atoms with Crippen LogP contribution in [0.1, 0.15) is 32.4 Å². The largest absolute Gasteiger partial charge is 0.493 e. The van der Waals surface area contributed by atoms with Gasteiger partial charge in [-0.05, 0) is 24.3 Å². The molecule has 0 aliphatic carbocycles. The van der Waals surface area contributed by atoms with Gasteiger partial charge < -0.3 is 14.8 Å². The van der Waals surface area contributed by atoms with Crippen LogP contribution in [0.5, 0.6) is 11.5 Å². The molecule has 6 nitrogen and oxygen atoms in total. The molecular formula is C17H14N2O4. The summed E-state index contributed by atoms with van der Waals surface area (Å²) >= 11 is 0. The first kappa shape index (κ1) is 13.6. The van der Waals surface area contributed by atoms with E-state index in [1.165, 1.54) is 14.2 Å². The average Bonchev–Trinajstić information content (AvgIpc) is 2.86. The number of benzene rings is 2. The molecule has 2 aromatic carbocycles. The zero-order valence-corrected chi connectivity index (χ0v) is 12.6. The van der Waals surface area contributed by atoms with Crippen molar-refractivity contribution in [2.45, 2.75) is 6.17 Å². The van der Waals surface area contributed by atoms with Gasteiger partial charge in [0.1, 0.15) is 6.17 Å². The Balaban J connectivity index is 1.92. The standard InChI is InChI=1S/C17H14N2O4/c1-22-13-7-10-11(8-14(13)23-2)17(21)19-12-6-4-3-5-9(12)16(20)18-15(10)19/h3-8,15H,1-2H3,(H,18,20)/t15-/m1/s1. The molecular weight excluding hydrogens is 296 g/mol. The van der Waals surface area contributed by atoms with E-state index in [4.69, 9.17) is 9.47 Å². The number of amides is 2. The van der Waals surface area contributed by atoms with E-state index in [0.29, 0.717) is 33.9 Å². The number of methoxy groups -OCH3 is 2. The van der Waals surface area contributed by atoms with Gasteiger partial charge in [-0.3, -0.25) is 14.5 Å². The highest BCUT2D eigenvalue weighted by Crippen LogP contribution is 2.44. The van der Waals surface area contributed by atoms with Crippen LogP contribution in [0.15, 0.2) is 36.4 Å². The third kappa shape index (κ3) is 1.75. The Morgan fingerprint density at radius 3 is 2.43 bits per heavy atom. The fourth-order valence-corrected chi connectivity index (χ4v) is 3.16. The van der Waals surface area contributed by atoms with Crippen LogP contribution in [0.2, 0.25) is 0 Å². The lowest BCUT2D eigenvalue weighted by Gasteiger charge is -2.32.